The van der Waals surface area contributed by atoms with E-state index in [1.807, 2.05) is 6.92 Å². The Bertz CT molecular complexity index is 361. The summed E-state index contributed by atoms with van der Waals surface area (Å²) in [5.41, 5.74) is 0. The summed E-state index contributed by atoms with van der Waals surface area (Å²) < 4.78 is 1.61. The zero-order valence-electron chi connectivity index (χ0n) is 10.1. The fraction of sp³-hybridized carbons (Fsp3) is 0.800. The third-order valence-corrected chi connectivity index (χ3v) is 2.65. The van der Waals surface area contributed by atoms with Gasteiger partial charge in [0.2, 0.25) is 0 Å². The molecular formula is C10H18N4O2. The lowest BCUT2D eigenvalue weighted by Crippen LogP contribution is -2.24. The van der Waals surface area contributed by atoms with E-state index in [1.54, 1.807) is 11.6 Å². The van der Waals surface area contributed by atoms with Crippen molar-refractivity contribution in [2.45, 2.75) is 40.2 Å². The van der Waals surface area contributed by atoms with Gasteiger partial charge in [-0.15, -0.1) is 5.10 Å². The molecule has 0 amide bonds. The van der Waals surface area contributed by atoms with Crippen LogP contribution in [0.3, 0.4) is 0 Å². The Morgan fingerprint density at radius 3 is 2.50 bits per heavy atom. The molecule has 0 fully saturated rings. The average Bonchev–Trinajstić information content (AvgIpc) is 2.62. The largest absolute Gasteiger partial charge is 0.481 e. The van der Waals surface area contributed by atoms with Gasteiger partial charge in [0.25, 0.3) is 0 Å². The van der Waals surface area contributed by atoms with Crippen LogP contribution in [-0.2, 0) is 11.2 Å². The minimum absolute atomic E-state index is 0.235. The molecule has 0 aromatic carbocycles. The first kappa shape index (κ1) is 12.6. The van der Waals surface area contributed by atoms with Gasteiger partial charge >= 0.3 is 5.97 Å². The fourth-order valence-electron chi connectivity index (χ4n) is 1.45. The van der Waals surface area contributed by atoms with Gasteiger partial charge in [0.1, 0.15) is 0 Å². The van der Waals surface area contributed by atoms with Crippen molar-refractivity contribution in [2.75, 3.05) is 0 Å². The lowest BCUT2D eigenvalue weighted by Gasteiger charge is -2.17. The van der Waals surface area contributed by atoms with Crippen LogP contribution in [-0.4, -0.2) is 31.3 Å². The van der Waals surface area contributed by atoms with E-state index in [9.17, 15) is 4.79 Å². The first-order valence-corrected chi connectivity index (χ1v) is 5.43. The number of nitrogens with zero attached hydrogens (tertiary/aromatic N) is 4. The minimum Gasteiger partial charge on any atom is -0.481 e. The number of hydrogen-bond acceptors (Lipinski definition) is 4. The van der Waals surface area contributed by atoms with Crippen molar-refractivity contribution in [1.29, 1.82) is 0 Å². The Morgan fingerprint density at radius 2 is 2.00 bits per heavy atom. The average molecular weight is 226 g/mol. The molecule has 0 saturated carbocycles. The van der Waals surface area contributed by atoms with Gasteiger partial charge in [0.15, 0.2) is 5.82 Å². The Balaban J connectivity index is 2.87. The van der Waals surface area contributed by atoms with Crippen LogP contribution in [0.1, 0.15) is 39.6 Å². The molecule has 6 nitrogen and oxygen atoms in total. The van der Waals surface area contributed by atoms with E-state index in [-0.39, 0.29) is 6.04 Å². The summed E-state index contributed by atoms with van der Waals surface area (Å²) in [5, 5.41) is 20.3. The van der Waals surface area contributed by atoms with Gasteiger partial charge < -0.3 is 5.11 Å². The second-order valence-corrected chi connectivity index (χ2v) is 4.51. The number of carboxylic acid groups (broad SMARTS) is 1. The molecule has 0 bridgehead atoms. The Kier molecular flexibility index (Phi) is 3.98. The highest BCUT2D eigenvalue weighted by molar-refractivity contribution is 5.70. The second kappa shape index (κ2) is 5.05. The lowest BCUT2D eigenvalue weighted by molar-refractivity contribution is -0.142. The van der Waals surface area contributed by atoms with Gasteiger partial charge in [0.05, 0.1) is 12.0 Å². The summed E-state index contributed by atoms with van der Waals surface area (Å²) >= 11 is 0. The first-order valence-electron chi connectivity index (χ1n) is 5.43. The Hall–Kier alpha value is -1.46. The maximum atomic E-state index is 10.9. The van der Waals surface area contributed by atoms with Crippen molar-refractivity contribution < 1.29 is 9.90 Å². The van der Waals surface area contributed by atoms with E-state index in [0.717, 1.165) is 12.2 Å². The fourth-order valence-corrected chi connectivity index (χ4v) is 1.45. The first-order chi connectivity index (χ1) is 7.43. The highest BCUT2D eigenvalue weighted by Gasteiger charge is 2.24. The van der Waals surface area contributed by atoms with Gasteiger partial charge in [-0.3, -0.25) is 4.79 Å². The van der Waals surface area contributed by atoms with Gasteiger partial charge in [0, 0.05) is 6.42 Å². The smallest absolute Gasteiger partial charge is 0.308 e. The normalized spacial score (nSPS) is 15.1. The third kappa shape index (κ3) is 2.77. The molecule has 2 unspecified atom stereocenters. The van der Waals surface area contributed by atoms with Gasteiger partial charge in [-0.2, -0.15) is 0 Å². The number of carbonyl (C=O) groups is 1. The highest BCUT2D eigenvalue weighted by Crippen LogP contribution is 2.18. The topological polar surface area (TPSA) is 80.9 Å². The Morgan fingerprint density at radius 1 is 1.38 bits per heavy atom. The van der Waals surface area contributed by atoms with Crippen LogP contribution in [0.4, 0.5) is 0 Å². The lowest BCUT2D eigenvalue weighted by atomic mass is 10.0. The van der Waals surface area contributed by atoms with Crippen LogP contribution >= 0.6 is 0 Å². The summed E-state index contributed by atoms with van der Waals surface area (Å²) in [6.45, 7) is 7.63. The van der Waals surface area contributed by atoms with Crippen LogP contribution in [0.15, 0.2) is 0 Å². The molecule has 1 N–H and O–H groups in total. The quantitative estimate of drug-likeness (QED) is 0.814. The number of carboxylic acids is 1. The van der Waals surface area contributed by atoms with E-state index in [1.165, 1.54) is 0 Å². The highest BCUT2D eigenvalue weighted by atomic mass is 16.4. The van der Waals surface area contributed by atoms with Crippen LogP contribution in [0.25, 0.3) is 0 Å². The maximum absolute atomic E-state index is 10.9. The number of tetrazole rings is 1. The van der Waals surface area contributed by atoms with E-state index in [0.29, 0.717) is 5.92 Å². The van der Waals surface area contributed by atoms with Crippen LogP contribution in [0, 0.1) is 11.8 Å². The molecule has 1 aromatic heterocycles. The zero-order valence-corrected chi connectivity index (χ0v) is 10.1. The predicted molar refractivity (Wildman–Crippen MR) is 57.9 cm³/mol. The van der Waals surface area contributed by atoms with Gasteiger partial charge in [-0.05, 0) is 30.2 Å². The van der Waals surface area contributed by atoms with Crippen molar-refractivity contribution >= 4 is 5.97 Å². The molecule has 1 rings (SSSR count). The van der Waals surface area contributed by atoms with Crippen LogP contribution in [0.2, 0.25) is 0 Å². The molecular weight excluding hydrogens is 208 g/mol. The second-order valence-electron chi connectivity index (χ2n) is 4.51. The molecule has 0 aliphatic carbocycles. The SMILES string of the molecule is CC(C)Cc1nnnn1C(C)C(C)C(=O)O. The van der Waals surface area contributed by atoms with Crippen molar-refractivity contribution in [2.24, 2.45) is 11.8 Å². The van der Waals surface area contributed by atoms with Crippen molar-refractivity contribution in [1.82, 2.24) is 20.2 Å². The summed E-state index contributed by atoms with van der Waals surface area (Å²) in [5.74, 6) is -0.152. The maximum Gasteiger partial charge on any atom is 0.308 e. The molecule has 90 valence electrons. The molecule has 1 heterocycles. The van der Waals surface area contributed by atoms with Gasteiger partial charge in [-0.25, -0.2) is 4.68 Å². The summed E-state index contributed by atoms with van der Waals surface area (Å²) in [7, 11) is 0. The van der Waals surface area contributed by atoms with Crippen LogP contribution < -0.4 is 0 Å². The molecule has 2 atom stereocenters. The summed E-state index contributed by atoms with van der Waals surface area (Å²) in [4.78, 5) is 10.9. The zero-order chi connectivity index (χ0) is 12.3. The number of aliphatic carboxylic acids is 1. The third-order valence-electron chi connectivity index (χ3n) is 2.65. The Labute approximate surface area is 94.7 Å². The molecule has 1 aromatic rings. The van der Waals surface area contributed by atoms with Crippen molar-refractivity contribution in [3.63, 3.8) is 0 Å². The van der Waals surface area contributed by atoms with E-state index < -0.39 is 11.9 Å². The molecule has 0 aliphatic rings. The standard InChI is InChI=1S/C10H18N4O2/c1-6(2)5-9-11-12-13-14(9)8(4)7(3)10(15)16/h6-8H,5H2,1-4H3,(H,15,16). The number of rotatable bonds is 5. The van der Waals surface area contributed by atoms with E-state index in [2.05, 4.69) is 29.4 Å². The minimum atomic E-state index is -0.835. The molecule has 0 spiro atoms. The molecule has 0 aliphatic heterocycles. The van der Waals surface area contributed by atoms with E-state index >= 15 is 0 Å². The number of hydrogen-bond donors (Lipinski definition) is 1. The van der Waals surface area contributed by atoms with Crippen molar-refractivity contribution in [3.8, 4) is 0 Å². The molecule has 16 heavy (non-hydrogen) atoms. The number of aromatic nitrogens is 4. The van der Waals surface area contributed by atoms with Gasteiger partial charge in [-0.1, -0.05) is 13.8 Å². The van der Waals surface area contributed by atoms with Crippen molar-refractivity contribution in [3.05, 3.63) is 5.82 Å². The summed E-state index contributed by atoms with van der Waals surface area (Å²) in [6, 6.07) is -0.235. The van der Waals surface area contributed by atoms with E-state index in [4.69, 9.17) is 5.11 Å². The molecule has 0 saturated heterocycles. The van der Waals surface area contributed by atoms with Crippen LogP contribution in [0.5, 0.6) is 0 Å². The monoisotopic (exact) mass is 226 g/mol. The predicted octanol–water partition coefficient (Wildman–Crippen LogP) is 1.15. The molecule has 0 radical (unpaired) electrons. The molecule has 6 heteroatoms. The summed E-state index contributed by atoms with van der Waals surface area (Å²) in [6.07, 6.45) is 0.754.